The number of piperidine rings is 1. The molecule has 2 N–H and O–H groups in total. The van der Waals surface area contributed by atoms with E-state index in [2.05, 4.69) is 32.4 Å². The first-order chi connectivity index (χ1) is 13.2. The standard InChI is InChI=1S/C20H23N5OS/c1-25-7-2-3-12-9-14(11-17(12)25)22-19(26)18-15-10-13(20-21-6-8-27-20)4-5-16(15)23-24-18/h4-6,8,10,12,14,17H,2-3,7,9,11H2,1H3,(H,22,26)(H,23,24)/t12?,14-,17?/m1/s1. The van der Waals surface area contributed by atoms with Gasteiger partial charge in [-0.25, -0.2) is 4.98 Å². The van der Waals surface area contributed by atoms with Gasteiger partial charge in [0.2, 0.25) is 0 Å². The molecule has 5 rings (SSSR count). The van der Waals surface area contributed by atoms with E-state index in [1.165, 1.54) is 19.4 Å². The van der Waals surface area contributed by atoms with Gasteiger partial charge in [0, 0.05) is 34.6 Å². The van der Waals surface area contributed by atoms with Crippen LogP contribution in [0.25, 0.3) is 21.5 Å². The van der Waals surface area contributed by atoms with Crippen molar-refractivity contribution in [2.24, 2.45) is 5.92 Å². The van der Waals surface area contributed by atoms with Crippen molar-refractivity contribution < 1.29 is 4.79 Å². The van der Waals surface area contributed by atoms with Gasteiger partial charge in [-0.3, -0.25) is 9.89 Å². The highest BCUT2D eigenvalue weighted by molar-refractivity contribution is 7.13. The van der Waals surface area contributed by atoms with Gasteiger partial charge in [-0.05, 0) is 63.4 Å². The molecule has 2 fully saturated rings. The number of rotatable bonds is 3. The highest BCUT2D eigenvalue weighted by Crippen LogP contribution is 2.36. The van der Waals surface area contributed by atoms with Crippen LogP contribution in [0.4, 0.5) is 0 Å². The van der Waals surface area contributed by atoms with Crippen LogP contribution in [0.15, 0.2) is 29.8 Å². The van der Waals surface area contributed by atoms with E-state index in [1.807, 2.05) is 23.6 Å². The topological polar surface area (TPSA) is 73.9 Å². The number of hydrogen-bond acceptors (Lipinski definition) is 5. The molecular formula is C20H23N5OS. The molecule has 27 heavy (non-hydrogen) atoms. The Morgan fingerprint density at radius 2 is 2.30 bits per heavy atom. The minimum Gasteiger partial charge on any atom is -0.348 e. The molecule has 0 bridgehead atoms. The molecule has 1 aliphatic carbocycles. The fraction of sp³-hybridized carbons (Fsp3) is 0.450. The Bertz CT molecular complexity index is 966. The van der Waals surface area contributed by atoms with Gasteiger partial charge in [0.25, 0.3) is 5.91 Å². The summed E-state index contributed by atoms with van der Waals surface area (Å²) in [5, 5.41) is 14.3. The molecule has 3 heterocycles. The number of aromatic amines is 1. The first kappa shape index (κ1) is 16.9. The quantitative estimate of drug-likeness (QED) is 0.730. The van der Waals surface area contributed by atoms with Gasteiger partial charge in [0.05, 0.1) is 5.52 Å². The summed E-state index contributed by atoms with van der Waals surface area (Å²) in [5.41, 5.74) is 2.37. The number of likely N-dealkylation sites (tertiary alicyclic amines) is 1. The van der Waals surface area contributed by atoms with Crippen LogP contribution in [0.5, 0.6) is 0 Å². The van der Waals surface area contributed by atoms with Crippen molar-refractivity contribution in [2.75, 3.05) is 13.6 Å². The Labute approximate surface area is 162 Å². The van der Waals surface area contributed by atoms with E-state index in [9.17, 15) is 4.79 Å². The number of thiazole rings is 1. The Kier molecular flexibility index (Phi) is 4.21. The molecule has 1 aromatic carbocycles. The number of hydrogen-bond donors (Lipinski definition) is 2. The monoisotopic (exact) mass is 381 g/mol. The van der Waals surface area contributed by atoms with Crippen LogP contribution >= 0.6 is 11.3 Å². The average molecular weight is 382 g/mol. The molecular weight excluding hydrogens is 358 g/mol. The lowest BCUT2D eigenvalue weighted by molar-refractivity contribution is 0.0932. The third-order valence-corrected chi connectivity index (χ3v) is 6.92. The molecule has 6 nitrogen and oxygen atoms in total. The maximum Gasteiger partial charge on any atom is 0.272 e. The van der Waals surface area contributed by atoms with Gasteiger partial charge in [0.15, 0.2) is 5.69 Å². The van der Waals surface area contributed by atoms with E-state index in [4.69, 9.17) is 0 Å². The number of nitrogens with one attached hydrogen (secondary N) is 2. The molecule has 1 aliphatic heterocycles. The van der Waals surface area contributed by atoms with Crippen molar-refractivity contribution in [3.05, 3.63) is 35.5 Å². The molecule has 2 aromatic heterocycles. The van der Waals surface area contributed by atoms with Gasteiger partial charge in [-0.1, -0.05) is 0 Å². The van der Waals surface area contributed by atoms with E-state index in [0.29, 0.717) is 17.7 Å². The van der Waals surface area contributed by atoms with Crippen molar-refractivity contribution in [1.29, 1.82) is 0 Å². The fourth-order valence-electron chi connectivity index (χ4n) is 4.78. The molecule has 3 aromatic rings. The maximum absolute atomic E-state index is 12.9. The van der Waals surface area contributed by atoms with Crippen molar-refractivity contribution in [3.63, 3.8) is 0 Å². The number of amides is 1. The average Bonchev–Trinajstić information content (AvgIpc) is 3.40. The van der Waals surface area contributed by atoms with Crippen molar-refractivity contribution in [2.45, 2.75) is 37.8 Å². The number of carbonyl (C=O) groups is 1. The Balaban J connectivity index is 1.37. The van der Waals surface area contributed by atoms with E-state index >= 15 is 0 Å². The van der Waals surface area contributed by atoms with E-state index in [0.717, 1.165) is 34.3 Å². The molecule has 1 amide bonds. The lowest BCUT2D eigenvalue weighted by Crippen LogP contribution is -2.40. The smallest absolute Gasteiger partial charge is 0.272 e. The predicted octanol–water partition coefficient (Wildman–Crippen LogP) is 3.29. The number of H-pyrrole nitrogens is 1. The largest absolute Gasteiger partial charge is 0.348 e. The van der Waals surface area contributed by atoms with E-state index in [1.54, 1.807) is 17.5 Å². The number of benzene rings is 1. The maximum atomic E-state index is 12.9. The number of fused-ring (bicyclic) bond motifs is 2. The van der Waals surface area contributed by atoms with Gasteiger partial charge >= 0.3 is 0 Å². The number of aromatic nitrogens is 3. The summed E-state index contributed by atoms with van der Waals surface area (Å²) in [5.74, 6) is 0.630. The highest BCUT2D eigenvalue weighted by atomic mass is 32.1. The zero-order valence-electron chi connectivity index (χ0n) is 15.3. The minimum absolute atomic E-state index is 0.0798. The summed E-state index contributed by atoms with van der Waals surface area (Å²) in [4.78, 5) is 19.8. The van der Waals surface area contributed by atoms with Crippen LogP contribution in [0.1, 0.15) is 36.2 Å². The van der Waals surface area contributed by atoms with E-state index < -0.39 is 0 Å². The lowest BCUT2D eigenvalue weighted by Gasteiger charge is -2.34. The van der Waals surface area contributed by atoms with Crippen LogP contribution in [0.2, 0.25) is 0 Å². The van der Waals surface area contributed by atoms with E-state index in [-0.39, 0.29) is 11.9 Å². The molecule has 1 saturated heterocycles. The van der Waals surface area contributed by atoms with Crippen LogP contribution in [-0.2, 0) is 0 Å². The lowest BCUT2D eigenvalue weighted by atomic mass is 9.92. The summed E-state index contributed by atoms with van der Waals surface area (Å²) < 4.78 is 0. The van der Waals surface area contributed by atoms with Gasteiger partial charge in [0.1, 0.15) is 5.01 Å². The Morgan fingerprint density at radius 1 is 1.37 bits per heavy atom. The van der Waals surface area contributed by atoms with Crippen molar-refractivity contribution >= 4 is 28.1 Å². The fourth-order valence-corrected chi connectivity index (χ4v) is 5.41. The summed E-state index contributed by atoms with van der Waals surface area (Å²) in [6.07, 6.45) is 6.46. The van der Waals surface area contributed by atoms with Crippen LogP contribution in [-0.4, -0.2) is 51.7 Å². The van der Waals surface area contributed by atoms with Crippen LogP contribution in [0, 0.1) is 5.92 Å². The van der Waals surface area contributed by atoms with Crippen LogP contribution in [0.3, 0.4) is 0 Å². The summed E-state index contributed by atoms with van der Waals surface area (Å²) >= 11 is 1.59. The zero-order valence-corrected chi connectivity index (χ0v) is 16.1. The number of nitrogens with zero attached hydrogens (tertiary/aromatic N) is 3. The van der Waals surface area contributed by atoms with Gasteiger partial charge < -0.3 is 10.2 Å². The highest BCUT2D eigenvalue weighted by Gasteiger charge is 2.39. The normalized spacial score (nSPS) is 25.6. The second kappa shape index (κ2) is 6.73. The van der Waals surface area contributed by atoms with Gasteiger partial charge in [-0.15, -0.1) is 11.3 Å². The first-order valence-corrected chi connectivity index (χ1v) is 10.5. The second-order valence-electron chi connectivity index (χ2n) is 7.76. The first-order valence-electron chi connectivity index (χ1n) is 9.58. The molecule has 0 spiro atoms. The zero-order chi connectivity index (χ0) is 18.4. The summed E-state index contributed by atoms with van der Waals surface area (Å²) in [7, 11) is 2.21. The third-order valence-electron chi connectivity index (χ3n) is 6.10. The summed E-state index contributed by atoms with van der Waals surface area (Å²) in [6, 6.07) is 6.83. The molecule has 2 unspecified atom stereocenters. The minimum atomic E-state index is -0.0798. The SMILES string of the molecule is CN1CCCC2C[C@@H](NC(=O)c3n[nH]c4ccc(-c5nccs5)cc34)CC21. The van der Waals surface area contributed by atoms with Crippen molar-refractivity contribution in [1.82, 2.24) is 25.4 Å². The molecule has 7 heteroatoms. The predicted molar refractivity (Wildman–Crippen MR) is 107 cm³/mol. The second-order valence-corrected chi connectivity index (χ2v) is 8.66. The molecule has 3 atom stereocenters. The third kappa shape index (κ3) is 3.04. The Hall–Kier alpha value is -2.25. The molecule has 1 saturated carbocycles. The van der Waals surface area contributed by atoms with Gasteiger partial charge in [-0.2, -0.15) is 5.10 Å². The number of carbonyl (C=O) groups excluding carboxylic acids is 1. The molecule has 0 radical (unpaired) electrons. The van der Waals surface area contributed by atoms with Crippen LogP contribution < -0.4 is 5.32 Å². The molecule has 2 aliphatic rings. The Morgan fingerprint density at radius 3 is 3.11 bits per heavy atom. The molecule has 140 valence electrons. The summed E-state index contributed by atoms with van der Waals surface area (Å²) in [6.45, 7) is 1.17. The van der Waals surface area contributed by atoms with Crippen molar-refractivity contribution in [3.8, 4) is 10.6 Å².